The largest absolute Gasteiger partial charge is 0.338 e. The summed E-state index contributed by atoms with van der Waals surface area (Å²) in [6.07, 6.45) is 3.01. The molecule has 0 saturated carbocycles. The highest BCUT2D eigenvalue weighted by molar-refractivity contribution is 5.94. The number of para-hydroxylation sites is 1. The van der Waals surface area contributed by atoms with Gasteiger partial charge in [-0.15, -0.1) is 0 Å². The molecule has 1 N–H and O–H groups in total. The summed E-state index contributed by atoms with van der Waals surface area (Å²) in [4.78, 5) is 27.1. The third-order valence-corrected chi connectivity index (χ3v) is 4.60. The number of carbonyl (C=O) groups excluding carboxylic acids is 2. The van der Waals surface area contributed by atoms with Crippen LogP contribution in [0.2, 0.25) is 0 Å². The van der Waals surface area contributed by atoms with Gasteiger partial charge in [-0.2, -0.15) is 0 Å². The molecule has 130 valence electrons. The predicted octanol–water partition coefficient (Wildman–Crippen LogP) is 3.84. The molecule has 1 aliphatic rings. The van der Waals surface area contributed by atoms with Crippen molar-refractivity contribution in [1.82, 2.24) is 4.90 Å². The summed E-state index contributed by atoms with van der Waals surface area (Å²) in [6, 6.07) is 19.4. The van der Waals surface area contributed by atoms with Crippen molar-refractivity contribution >= 4 is 17.5 Å². The van der Waals surface area contributed by atoms with E-state index in [0.29, 0.717) is 6.54 Å². The number of anilines is 1. The predicted molar refractivity (Wildman–Crippen MR) is 98.9 cm³/mol. The molecule has 0 aliphatic carbocycles. The standard InChI is InChI=1S/C21H24N2O2/c24-20(22-19-12-5-2-6-13-19)15-18-11-7-8-14-23(21(18)25)16-17-9-3-1-4-10-17/h1-6,9-10,12-13,18H,7-8,11,14-16H2,(H,22,24). The Morgan fingerprint density at radius 3 is 2.40 bits per heavy atom. The van der Waals surface area contributed by atoms with Gasteiger partial charge in [0.2, 0.25) is 11.8 Å². The molecular weight excluding hydrogens is 312 g/mol. The lowest BCUT2D eigenvalue weighted by Crippen LogP contribution is -2.36. The molecule has 1 unspecified atom stereocenters. The van der Waals surface area contributed by atoms with E-state index >= 15 is 0 Å². The van der Waals surface area contributed by atoms with Crippen molar-refractivity contribution in [3.05, 3.63) is 66.2 Å². The first kappa shape index (κ1) is 17.2. The van der Waals surface area contributed by atoms with E-state index in [9.17, 15) is 9.59 Å². The Bertz CT molecular complexity index is 700. The van der Waals surface area contributed by atoms with Crippen molar-refractivity contribution in [2.45, 2.75) is 32.2 Å². The van der Waals surface area contributed by atoms with Gasteiger partial charge in [0, 0.05) is 31.1 Å². The average molecular weight is 336 g/mol. The van der Waals surface area contributed by atoms with E-state index in [0.717, 1.165) is 37.1 Å². The van der Waals surface area contributed by atoms with Gasteiger partial charge in [0.1, 0.15) is 0 Å². The number of rotatable bonds is 5. The number of likely N-dealkylation sites (tertiary alicyclic amines) is 1. The van der Waals surface area contributed by atoms with Gasteiger partial charge in [0.25, 0.3) is 0 Å². The maximum Gasteiger partial charge on any atom is 0.226 e. The summed E-state index contributed by atoms with van der Waals surface area (Å²) in [6.45, 7) is 1.39. The number of hydrogen-bond acceptors (Lipinski definition) is 2. The van der Waals surface area contributed by atoms with Gasteiger partial charge in [0.15, 0.2) is 0 Å². The van der Waals surface area contributed by atoms with Crippen molar-refractivity contribution in [2.24, 2.45) is 5.92 Å². The monoisotopic (exact) mass is 336 g/mol. The first-order valence-corrected chi connectivity index (χ1v) is 8.90. The summed E-state index contributed by atoms with van der Waals surface area (Å²) in [5, 5.41) is 2.89. The molecule has 0 radical (unpaired) electrons. The quantitative estimate of drug-likeness (QED) is 0.902. The number of amides is 2. The molecule has 0 bridgehead atoms. The van der Waals surface area contributed by atoms with E-state index in [1.54, 1.807) is 0 Å². The van der Waals surface area contributed by atoms with E-state index < -0.39 is 0 Å². The van der Waals surface area contributed by atoms with Crippen LogP contribution in [0, 0.1) is 5.92 Å². The Kier molecular flexibility index (Phi) is 5.83. The summed E-state index contributed by atoms with van der Waals surface area (Å²) in [5.74, 6) is -0.217. The van der Waals surface area contributed by atoms with E-state index in [4.69, 9.17) is 0 Å². The number of nitrogens with zero attached hydrogens (tertiary/aromatic N) is 1. The van der Waals surface area contributed by atoms with Crippen LogP contribution in [0.4, 0.5) is 5.69 Å². The summed E-state index contributed by atoms with van der Waals surface area (Å²) in [5.41, 5.74) is 1.90. The van der Waals surface area contributed by atoms with Crippen molar-refractivity contribution < 1.29 is 9.59 Å². The lowest BCUT2D eigenvalue weighted by Gasteiger charge is -2.24. The van der Waals surface area contributed by atoms with Gasteiger partial charge in [-0.3, -0.25) is 9.59 Å². The summed E-state index contributed by atoms with van der Waals surface area (Å²) < 4.78 is 0. The maximum absolute atomic E-state index is 12.9. The highest BCUT2D eigenvalue weighted by Crippen LogP contribution is 2.23. The summed E-state index contributed by atoms with van der Waals surface area (Å²) in [7, 11) is 0. The van der Waals surface area contributed by atoms with Gasteiger partial charge in [0.05, 0.1) is 0 Å². The molecule has 4 nitrogen and oxygen atoms in total. The molecule has 1 heterocycles. The second-order valence-corrected chi connectivity index (χ2v) is 6.56. The van der Waals surface area contributed by atoms with Crippen LogP contribution in [0.3, 0.4) is 0 Å². The smallest absolute Gasteiger partial charge is 0.226 e. The fraction of sp³-hybridized carbons (Fsp3) is 0.333. The zero-order chi connectivity index (χ0) is 17.5. The zero-order valence-corrected chi connectivity index (χ0v) is 14.4. The molecule has 2 aromatic carbocycles. The first-order chi connectivity index (χ1) is 12.2. The van der Waals surface area contributed by atoms with Crippen LogP contribution in [0.5, 0.6) is 0 Å². The Hall–Kier alpha value is -2.62. The molecule has 4 heteroatoms. The molecular formula is C21H24N2O2. The zero-order valence-electron chi connectivity index (χ0n) is 14.4. The van der Waals surface area contributed by atoms with Gasteiger partial charge in [-0.05, 0) is 30.5 Å². The molecule has 0 aromatic heterocycles. The number of hydrogen-bond donors (Lipinski definition) is 1. The van der Waals surface area contributed by atoms with Crippen LogP contribution in [-0.4, -0.2) is 23.3 Å². The summed E-state index contributed by atoms with van der Waals surface area (Å²) >= 11 is 0. The van der Waals surface area contributed by atoms with E-state index in [-0.39, 0.29) is 24.2 Å². The van der Waals surface area contributed by atoms with Crippen LogP contribution in [-0.2, 0) is 16.1 Å². The number of carbonyl (C=O) groups is 2. The Labute approximate surface area is 148 Å². The lowest BCUT2D eigenvalue weighted by atomic mass is 9.98. The van der Waals surface area contributed by atoms with Crippen molar-refractivity contribution in [2.75, 3.05) is 11.9 Å². The first-order valence-electron chi connectivity index (χ1n) is 8.90. The van der Waals surface area contributed by atoms with Gasteiger partial charge in [-0.1, -0.05) is 55.0 Å². The third-order valence-electron chi connectivity index (χ3n) is 4.60. The minimum Gasteiger partial charge on any atom is -0.338 e. The van der Waals surface area contributed by atoms with Crippen molar-refractivity contribution in [3.8, 4) is 0 Å². The van der Waals surface area contributed by atoms with E-state index in [1.807, 2.05) is 65.6 Å². The second kappa shape index (κ2) is 8.47. The van der Waals surface area contributed by atoms with E-state index in [2.05, 4.69) is 5.32 Å². The number of benzene rings is 2. The molecule has 1 saturated heterocycles. The lowest BCUT2D eigenvalue weighted by molar-refractivity contribution is -0.137. The highest BCUT2D eigenvalue weighted by atomic mass is 16.2. The Morgan fingerprint density at radius 2 is 1.68 bits per heavy atom. The van der Waals surface area contributed by atoms with Crippen LogP contribution in [0.25, 0.3) is 0 Å². The van der Waals surface area contributed by atoms with Crippen molar-refractivity contribution in [1.29, 1.82) is 0 Å². The van der Waals surface area contributed by atoms with Gasteiger partial charge < -0.3 is 10.2 Å². The van der Waals surface area contributed by atoms with Gasteiger partial charge in [-0.25, -0.2) is 0 Å². The third kappa shape index (κ3) is 4.92. The minimum atomic E-state index is -0.227. The molecule has 25 heavy (non-hydrogen) atoms. The fourth-order valence-corrected chi connectivity index (χ4v) is 3.29. The Balaban J connectivity index is 1.62. The second-order valence-electron chi connectivity index (χ2n) is 6.56. The highest BCUT2D eigenvalue weighted by Gasteiger charge is 2.28. The normalized spacial score (nSPS) is 17.8. The topological polar surface area (TPSA) is 49.4 Å². The molecule has 3 rings (SSSR count). The SMILES string of the molecule is O=C(CC1CCCCN(Cc2ccccc2)C1=O)Nc1ccccc1. The molecule has 1 fully saturated rings. The molecule has 0 spiro atoms. The van der Waals surface area contributed by atoms with Crippen LogP contribution >= 0.6 is 0 Å². The fourth-order valence-electron chi connectivity index (χ4n) is 3.29. The minimum absolute atomic E-state index is 0.0916. The molecule has 2 aromatic rings. The molecule has 1 aliphatic heterocycles. The van der Waals surface area contributed by atoms with Gasteiger partial charge >= 0.3 is 0 Å². The average Bonchev–Trinajstić information content (AvgIpc) is 2.79. The Morgan fingerprint density at radius 1 is 1.00 bits per heavy atom. The number of nitrogens with one attached hydrogen (secondary N) is 1. The van der Waals surface area contributed by atoms with E-state index in [1.165, 1.54) is 0 Å². The maximum atomic E-state index is 12.9. The van der Waals surface area contributed by atoms with Crippen LogP contribution in [0.1, 0.15) is 31.2 Å². The van der Waals surface area contributed by atoms with Crippen molar-refractivity contribution in [3.63, 3.8) is 0 Å². The molecule has 1 atom stereocenters. The van der Waals surface area contributed by atoms with Crippen LogP contribution < -0.4 is 5.32 Å². The van der Waals surface area contributed by atoms with Crippen LogP contribution in [0.15, 0.2) is 60.7 Å². The molecule has 2 amide bonds.